The molecule has 2 aromatic rings. The molecule has 8 heteroatoms. The van der Waals surface area contributed by atoms with E-state index in [0.29, 0.717) is 35.6 Å². The molecule has 0 unspecified atom stereocenters. The zero-order valence-electron chi connectivity index (χ0n) is 17.1. The molecule has 0 aliphatic rings. The van der Waals surface area contributed by atoms with Gasteiger partial charge in [-0.2, -0.15) is 0 Å². The summed E-state index contributed by atoms with van der Waals surface area (Å²) < 4.78 is 6.40. The Bertz CT molecular complexity index is 884. The van der Waals surface area contributed by atoms with Gasteiger partial charge in [0.25, 0.3) is 11.8 Å². The number of nitrogens with one attached hydrogen (secondary N) is 3. The maximum atomic E-state index is 12.5. The van der Waals surface area contributed by atoms with E-state index in [2.05, 4.69) is 39.0 Å². The number of anilines is 1. The fourth-order valence-electron chi connectivity index (χ4n) is 2.54. The van der Waals surface area contributed by atoms with Crippen LogP contribution >= 0.6 is 15.9 Å². The summed E-state index contributed by atoms with van der Waals surface area (Å²) in [6.45, 7) is 4.49. The highest BCUT2D eigenvalue weighted by Gasteiger charge is 2.15. The van der Waals surface area contributed by atoms with Gasteiger partial charge in [-0.1, -0.05) is 36.2 Å². The van der Waals surface area contributed by atoms with E-state index in [1.165, 1.54) is 0 Å². The summed E-state index contributed by atoms with van der Waals surface area (Å²) in [5.41, 5.74) is 6.07. The highest BCUT2D eigenvalue weighted by Crippen LogP contribution is 2.23. The van der Waals surface area contributed by atoms with Gasteiger partial charge in [0, 0.05) is 22.1 Å². The minimum absolute atomic E-state index is 0.0760. The van der Waals surface area contributed by atoms with Crippen LogP contribution in [0.4, 0.5) is 5.69 Å². The van der Waals surface area contributed by atoms with Crippen LogP contribution in [0.5, 0.6) is 5.75 Å². The molecule has 0 saturated heterocycles. The maximum Gasteiger partial charge on any atom is 0.273 e. The quantitative estimate of drug-likeness (QED) is 0.368. The molecule has 160 valence electrons. The van der Waals surface area contributed by atoms with Crippen molar-refractivity contribution in [2.24, 2.45) is 0 Å². The summed E-state index contributed by atoms with van der Waals surface area (Å²) in [4.78, 5) is 36.5. The average molecular weight is 476 g/mol. The third-order valence-electron chi connectivity index (χ3n) is 4.14. The van der Waals surface area contributed by atoms with Crippen LogP contribution in [-0.2, 0) is 4.79 Å². The molecule has 0 aliphatic heterocycles. The number of unbranched alkanes of at least 4 members (excludes halogenated alkanes) is 1. The van der Waals surface area contributed by atoms with Gasteiger partial charge in [-0.15, -0.1) is 0 Å². The molecule has 0 heterocycles. The first kappa shape index (κ1) is 23.4. The third-order valence-corrected chi connectivity index (χ3v) is 4.63. The fourth-order valence-corrected chi connectivity index (χ4v) is 2.90. The Labute approximate surface area is 184 Å². The first-order valence-corrected chi connectivity index (χ1v) is 10.7. The van der Waals surface area contributed by atoms with E-state index >= 15 is 0 Å². The molecule has 30 heavy (non-hydrogen) atoms. The number of carbonyl (C=O) groups excluding carboxylic acids is 3. The highest BCUT2D eigenvalue weighted by atomic mass is 79.9. The number of hydrogen-bond acceptors (Lipinski definition) is 4. The summed E-state index contributed by atoms with van der Waals surface area (Å²) in [7, 11) is 0. The lowest BCUT2D eigenvalue weighted by Gasteiger charge is -2.13. The number of hydrazine groups is 1. The van der Waals surface area contributed by atoms with Crippen molar-refractivity contribution in [3.63, 3.8) is 0 Å². The van der Waals surface area contributed by atoms with Crippen LogP contribution in [0.25, 0.3) is 0 Å². The van der Waals surface area contributed by atoms with Crippen molar-refractivity contribution in [3.05, 3.63) is 58.1 Å². The van der Waals surface area contributed by atoms with Gasteiger partial charge >= 0.3 is 0 Å². The van der Waals surface area contributed by atoms with Crippen LogP contribution < -0.4 is 20.9 Å². The lowest BCUT2D eigenvalue weighted by molar-refractivity contribution is -0.116. The Balaban J connectivity index is 1.96. The molecule has 2 rings (SSSR count). The standard InChI is InChI=1S/C22H26BrN3O4/c1-3-5-13-30-19-12-9-16(23)14-18(19)22(29)26-25-21(28)15-7-10-17(11-8-15)24-20(27)6-4-2/h7-12,14H,3-6,13H2,1-2H3,(H,24,27)(H,25,28)(H,26,29). The van der Waals surface area contributed by atoms with Crippen molar-refractivity contribution in [3.8, 4) is 5.75 Å². The van der Waals surface area contributed by atoms with Crippen molar-refractivity contribution < 1.29 is 19.1 Å². The highest BCUT2D eigenvalue weighted by molar-refractivity contribution is 9.10. The molecule has 2 aromatic carbocycles. The lowest BCUT2D eigenvalue weighted by Crippen LogP contribution is -2.41. The van der Waals surface area contributed by atoms with E-state index in [1.54, 1.807) is 42.5 Å². The Morgan fingerprint density at radius 1 is 0.933 bits per heavy atom. The molecule has 3 amide bonds. The van der Waals surface area contributed by atoms with Crippen LogP contribution in [0.1, 0.15) is 60.2 Å². The molecule has 0 aromatic heterocycles. The normalized spacial score (nSPS) is 10.2. The minimum atomic E-state index is -0.486. The molecular weight excluding hydrogens is 450 g/mol. The second-order valence-electron chi connectivity index (χ2n) is 6.63. The van der Waals surface area contributed by atoms with E-state index in [-0.39, 0.29) is 5.91 Å². The molecule has 0 atom stereocenters. The number of amides is 3. The minimum Gasteiger partial charge on any atom is -0.493 e. The largest absolute Gasteiger partial charge is 0.493 e. The maximum absolute atomic E-state index is 12.5. The SMILES string of the molecule is CCCCOc1ccc(Br)cc1C(=O)NNC(=O)c1ccc(NC(=O)CCC)cc1. The van der Waals surface area contributed by atoms with Crippen molar-refractivity contribution in [1.82, 2.24) is 10.9 Å². The van der Waals surface area contributed by atoms with Crippen molar-refractivity contribution in [2.75, 3.05) is 11.9 Å². The topological polar surface area (TPSA) is 96.5 Å². The number of benzene rings is 2. The first-order valence-electron chi connectivity index (χ1n) is 9.87. The fraction of sp³-hybridized carbons (Fsp3) is 0.318. The second kappa shape index (κ2) is 12.0. The van der Waals surface area contributed by atoms with Crippen LogP contribution in [0.15, 0.2) is 46.9 Å². The van der Waals surface area contributed by atoms with Crippen molar-refractivity contribution >= 4 is 39.3 Å². The van der Waals surface area contributed by atoms with Gasteiger partial charge in [0.1, 0.15) is 5.75 Å². The number of rotatable bonds is 9. The van der Waals surface area contributed by atoms with E-state index in [9.17, 15) is 14.4 Å². The molecule has 0 radical (unpaired) electrons. The molecule has 0 bridgehead atoms. The van der Waals surface area contributed by atoms with Gasteiger partial charge in [0.2, 0.25) is 5.91 Å². The predicted molar refractivity (Wildman–Crippen MR) is 119 cm³/mol. The number of ether oxygens (including phenoxy) is 1. The Kier molecular flexibility index (Phi) is 9.34. The average Bonchev–Trinajstić information content (AvgIpc) is 2.73. The molecule has 0 spiro atoms. The molecule has 0 saturated carbocycles. The first-order chi connectivity index (χ1) is 14.4. The second-order valence-corrected chi connectivity index (χ2v) is 7.54. The van der Waals surface area contributed by atoms with Crippen LogP contribution in [0, 0.1) is 0 Å². The Morgan fingerprint density at radius 3 is 2.30 bits per heavy atom. The molecule has 3 N–H and O–H groups in total. The molecule has 7 nitrogen and oxygen atoms in total. The number of carbonyl (C=O) groups is 3. The molecule has 0 fully saturated rings. The van der Waals surface area contributed by atoms with E-state index in [4.69, 9.17) is 4.74 Å². The molecule has 0 aliphatic carbocycles. The summed E-state index contributed by atoms with van der Waals surface area (Å²) in [6.07, 6.45) is 3.06. The van der Waals surface area contributed by atoms with Gasteiger partial charge in [0.15, 0.2) is 0 Å². The van der Waals surface area contributed by atoms with Crippen molar-refractivity contribution in [2.45, 2.75) is 39.5 Å². The van der Waals surface area contributed by atoms with E-state index < -0.39 is 11.8 Å². The summed E-state index contributed by atoms with van der Waals surface area (Å²) >= 11 is 3.34. The third kappa shape index (κ3) is 7.18. The molecular formula is C22H26BrN3O4. The van der Waals surface area contributed by atoms with Crippen LogP contribution in [0.2, 0.25) is 0 Å². The zero-order chi connectivity index (χ0) is 21.9. The van der Waals surface area contributed by atoms with Gasteiger partial charge in [0.05, 0.1) is 12.2 Å². The van der Waals surface area contributed by atoms with E-state index in [0.717, 1.165) is 23.7 Å². The Hall–Kier alpha value is -2.87. The van der Waals surface area contributed by atoms with Gasteiger partial charge < -0.3 is 10.1 Å². The summed E-state index contributed by atoms with van der Waals surface area (Å²) in [5, 5.41) is 2.75. The number of halogens is 1. The van der Waals surface area contributed by atoms with Gasteiger partial charge in [-0.05, 0) is 55.3 Å². The lowest BCUT2D eigenvalue weighted by atomic mass is 10.2. The smallest absolute Gasteiger partial charge is 0.273 e. The van der Waals surface area contributed by atoms with Gasteiger partial charge in [-0.25, -0.2) is 0 Å². The Morgan fingerprint density at radius 2 is 1.63 bits per heavy atom. The van der Waals surface area contributed by atoms with Crippen LogP contribution in [-0.4, -0.2) is 24.3 Å². The summed E-state index contributed by atoms with van der Waals surface area (Å²) in [5.74, 6) is -0.587. The number of hydrogen-bond donors (Lipinski definition) is 3. The monoisotopic (exact) mass is 475 g/mol. The predicted octanol–water partition coefficient (Wildman–Crippen LogP) is 4.44. The van der Waals surface area contributed by atoms with Crippen molar-refractivity contribution in [1.29, 1.82) is 0 Å². The summed E-state index contributed by atoms with van der Waals surface area (Å²) in [6, 6.07) is 11.6. The van der Waals surface area contributed by atoms with Gasteiger partial charge in [-0.3, -0.25) is 25.2 Å². The van der Waals surface area contributed by atoms with Crippen LogP contribution in [0.3, 0.4) is 0 Å². The zero-order valence-corrected chi connectivity index (χ0v) is 18.7. The van der Waals surface area contributed by atoms with E-state index in [1.807, 2.05) is 6.92 Å².